The number of fused-ring (bicyclic) bond motifs is 1. The molecule has 0 aliphatic rings. The van der Waals surface area contributed by atoms with Crippen LogP contribution in [-0.2, 0) is 0 Å². The average Bonchev–Trinajstić information content (AvgIpc) is 2.85. The SMILES string of the molecule is Cc1nc(-c2c[nH]c3cccc(C)c23)sc1N. The third-order valence-electron chi connectivity index (χ3n) is 2.98. The Kier molecular flexibility index (Phi) is 2.19. The van der Waals surface area contributed by atoms with Gasteiger partial charge in [-0.15, -0.1) is 0 Å². The fourth-order valence-corrected chi connectivity index (χ4v) is 2.91. The lowest BCUT2D eigenvalue weighted by Gasteiger charge is -1.98. The lowest BCUT2D eigenvalue weighted by atomic mass is 10.1. The Morgan fingerprint density at radius 1 is 1.29 bits per heavy atom. The van der Waals surface area contributed by atoms with Crippen molar-refractivity contribution in [3.05, 3.63) is 35.7 Å². The highest BCUT2D eigenvalue weighted by atomic mass is 32.1. The normalized spacial score (nSPS) is 11.2. The van der Waals surface area contributed by atoms with Crippen LogP contribution in [0.5, 0.6) is 0 Å². The molecule has 3 N–H and O–H groups in total. The van der Waals surface area contributed by atoms with E-state index in [0.717, 1.165) is 26.8 Å². The molecule has 0 amide bonds. The van der Waals surface area contributed by atoms with E-state index in [4.69, 9.17) is 5.73 Å². The van der Waals surface area contributed by atoms with Crippen LogP contribution in [0.15, 0.2) is 24.4 Å². The molecule has 3 aromatic rings. The molecule has 0 atom stereocenters. The number of anilines is 1. The Bertz CT molecular complexity index is 674. The van der Waals surface area contributed by atoms with E-state index in [0.29, 0.717) is 0 Å². The number of thiazole rings is 1. The maximum atomic E-state index is 5.87. The lowest BCUT2D eigenvalue weighted by molar-refractivity contribution is 1.27. The first-order chi connectivity index (χ1) is 8.16. The molecule has 0 fully saturated rings. The van der Waals surface area contributed by atoms with E-state index in [1.807, 2.05) is 13.1 Å². The van der Waals surface area contributed by atoms with E-state index in [1.54, 1.807) is 11.3 Å². The third kappa shape index (κ3) is 1.52. The monoisotopic (exact) mass is 243 g/mol. The number of aryl methyl sites for hydroxylation is 2. The molecule has 0 aliphatic heterocycles. The smallest absolute Gasteiger partial charge is 0.127 e. The van der Waals surface area contributed by atoms with Gasteiger partial charge in [0.2, 0.25) is 0 Å². The van der Waals surface area contributed by atoms with Gasteiger partial charge in [0.1, 0.15) is 10.0 Å². The molecule has 2 heterocycles. The molecule has 17 heavy (non-hydrogen) atoms. The molecule has 0 aliphatic carbocycles. The highest BCUT2D eigenvalue weighted by Gasteiger charge is 2.12. The summed E-state index contributed by atoms with van der Waals surface area (Å²) in [5.74, 6) is 0. The van der Waals surface area contributed by atoms with Crippen molar-refractivity contribution in [2.24, 2.45) is 0 Å². The van der Waals surface area contributed by atoms with Gasteiger partial charge < -0.3 is 10.7 Å². The van der Waals surface area contributed by atoms with Crippen molar-refractivity contribution in [3.8, 4) is 10.6 Å². The first-order valence-electron chi connectivity index (χ1n) is 5.47. The minimum Gasteiger partial charge on any atom is -0.389 e. The van der Waals surface area contributed by atoms with Crippen LogP contribution in [0.2, 0.25) is 0 Å². The zero-order valence-electron chi connectivity index (χ0n) is 9.74. The van der Waals surface area contributed by atoms with Gasteiger partial charge in [-0.2, -0.15) is 0 Å². The summed E-state index contributed by atoms with van der Waals surface area (Å²) >= 11 is 1.54. The van der Waals surface area contributed by atoms with Crippen LogP contribution in [0.25, 0.3) is 21.5 Å². The summed E-state index contributed by atoms with van der Waals surface area (Å²) in [7, 11) is 0. The van der Waals surface area contributed by atoms with Gasteiger partial charge in [0, 0.05) is 22.7 Å². The molecule has 0 saturated heterocycles. The quantitative estimate of drug-likeness (QED) is 0.687. The molecule has 3 nitrogen and oxygen atoms in total. The molecule has 3 rings (SSSR count). The van der Waals surface area contributed by atoms with Crippen molar-refractivity contribution >= 4 is 27.2 Å². The highest BCUT2D eigenvalue weighted by Crippen LogP contribution is 2.35. The first kappa shape index (κ1) is 10.4. The number of hydrogen-bond acceptors (Lipinski definition) is 3. The van der Waals surface area contributed by atoms with Crippen molar-refractivity contribution in [1.29, 1.82) is 0 Å². The lowest BCUT2D eigenvalue weighted by Crippen LogP contribution is -1.81. The maximum Gasteiger partial charge on any atom is 0.127 e. The maximum absolute atomic E-state index is 5.87. The Balaban J connectivity index is 2.31. The van der Waals surface area contributed by atoms with E-state index < -0.39 is 0 Å². The topological polar surface area (TPSA) is 54.7 Å². The van der Waals surface area contributed by atoms with Gasteiger partial charge in [-0.05, 0) is 25.5 Å². The van der Waals surface area contributed by atoms with Gasteiger partial charge in [-0.3, -0.25) is 0 Å². The number of rotatable bonds is 1. The van der Waals surface area contributed by atoms with Gasteiger partial charge in [-0.1, -0.05) is 23.5 Å². The number of nitrogen functional groups attached to an aromatic ring is 1. The van der Waals surface area contributed by atoms with E-state index in [1.165, 1.54) is 10.9 Å². The average molecular weight is 243 g/mol. The zero-order valence-corrected chi connectivity index (χ0v) is 10.6. The molecular formula is C13H13N3S. The summed E-state index contributed by atoms with van der Waals surface area (Å²) in [6.45, 7) is 4.06. The predicted octanol–water partition coefficient (Wildman–Crippen LogP) is 3.49. The fraction of sp³-hybridized carbons (Fsp3) is 0.154. The van der Waals surface area contributed by atoms with Crippen LogP contribution in [0.4, 0.5) is 5.00 Å². The number of aromatic amines is 1. The molecule has 1 aromatic carbocycles. The van der Waals surface area contributed by atoms with Crippen LogP contribution < -0.4 is 5.73 Å². The molecule has 0 unspecified atom stereocenters. The number of nitrogens with zero attached hydrogens (tertiary/aromatic N) is 1. The van der Waals surface area contributed by atoms with Crippen molar-refractivity contribution in [2.75, 3.05) is 5.73 Å². The predicted molar refractivity (Wildman–Crippen MR) is 73.3 cm³/mol. The van der Waals surface area contributed by atoms with Crippen LogP contribution in [0, 0.1) is 13.8 Å². The number of aromatic nitrogens is 2. The second-order valence-electron chi connectivity index (χ2n) is 4.17. The Hall–Kier alpha value is -1.81. The number of nitrogens with one attached hydrogen (secondary N) is 1. The second kappa shape index (κ2) is 3.60. The summed E-state index contributed by atoms with van der Waals surface area (Å²) in [5.41, 5.74) is 10.3. The van der Waals surface area contributed by atoms with Crippen LogP contribution in [-0.4, -0.2) is 9.97 Å². The van der Waals surface area contributed by atoms with Crippen LogP contribution >= 0.6 is 11.3 Å². The zero-order chi connectivity index (χ0) is 12.0. The summed E-state index contributed by atoms with van der Waals surface area (Å²) in [4.78, 5) is 7.80. The van der Waals surface area contributed by atoms with E-state index in [2.05, 4.69) is 35.1 Å². The van der Waals surface area contributed by atoms with Crippen molar-refractivity contribution in [3.63, 3.8) is 0 Å². The third-order valence-corrected chi connectivity index (χ3v) is 4.00. The summed E-state index contributed by atoms with van der Waals surface area (Å²) in [6.07, 6.45) is 2.01. The standard InChI is InChI=1S/C13H13N3S/c1-7-4-3-5-10-11(7)9(6-15-10)13-16-8(2)12(14)17-13/h3-6,15H,14H2,1-2H3. The van der Waals surface area contributed by atoms with Gasteiger partial charge in [-0.25, -0.2) is 4.98 Å². The highest BCUT2D eigenvalue weighted by molar-refractivity contribution is 7.19. The first-order valence-corrected chi connectivity index (χ1v) is 6.28. The molecule has 0 spiro atoms. The number of hydrogen-bond donors (Lipinski definition) is 2. The van der Waals surface area contributed by atoms with Gasteiger partial charge >= 0.3 is 0 Å². The summed E-state index contributed by atoms with van der Waals surface area (Å²) < 4.78 is 0. The van der Waals surface area contributed by atoms with Crippen LogP contribution in [0.3, 0.4) is 0 Å². The van der Waals surface area contributed by atoms with Crippen LogP contribution in [0.1, 0.15) is 11.3 Å². The molecule has 0 radical (unpaired) electrons. The number of benzene rings is 1. The van der Waals surface area contributed by atoms with E-state index in [-0.39, 0.29) is 0 Å². The number of nitrogens with two attached hydrogens (primary N) is 1. The van der Waals surface area contributed by atoms with E-state index in [9.17, 15) is 0 Å². The summed E-state index contributed by atoms with van der Waals surface area (Å²) in [6, 6.07) is 6.25. The molecular weight excluding hydrogens is 230 g/mol. The Morgan fingerprint density at radius 2 is 2.12 bits per heavy atom. The Morgan fingerprint density at radius 3 is 2.82 bits per heavy atom. The van der Waals surface area contributed by atoms with Gasteiger partial charge in [0.05, 0.1) is 5.69 Å². The minimum atomic E-state index is 0.794. The largest absolute Gasteiger partial charge is 0.389 e. The molecule has 0 bridgehead atoms. The van der Waals surface area contributed by atoms with Gasteiger partial charge in [0.15, 0.2) is 0 Å². The molecule has 0 saturated carbocycles. The van der Waals surface area contributed by atoms with E-state index >= 15 is 0 Å². The Labute approximate surface area is 103 Å². The molecule has 86 valence electrons. The fourth-order valence-electron chi connectivity index (χ4n) is 2.06. The van der Waals surface area contributed by atoms with Crippen molar-refractivity contribution < 1.29 is 0 Å². The van der Waals surface area contributed by atoms with Crippen molar-refractivity contribution in [2.45, 2.75) is 13.8 Å². The second-order valence-corrected chi connectivity index (χ2v) is 5.20. The molecule has 2 aromatic heterocycles. The summed E-state index contributed by atoms with van der Waals surface area (Å²) in [5, 5.41) is 3.02. The minimum absolute atomic E-state index is 0.794. The molecule has 4 heteroatoms. The van der Waals surface area contributed by atoms with Gasteiger partial charge in [0.25, 0.3) is 0 Å². The van der Waals surface area contributed by atoms with Crippen molar-refractivity contribution in [1.82, 2.24) is 9.97 Å². The number of H-pyrrole nitrogens is 1.